The highest BCUT2D eigenvalue weighted by atomic mass is 79.9. The molecule has 4 aromatic rings. The Morgan fingerprint density at radius 3 is 2.48 bits per heavy atom. The Morgan fingerprint density at radius 1 is 1.07 bits per heavy atom. The summed E-state index contributed by atoms with van der Waals surface area (Å²) in [6.07, 6.45) is 5.01. The van der Waals surface area contributed by atoms with Gasteiger partial charge < -0.3 is 9.72 Å². The van der Waals surface area contributed by atoms with Crippen molar-refractivity contribution in [1.82, 2.24) is 9.38 Å². The lowest BCUT2D eigenvalue weighted by Crippen LogP contribution is -2.13. The number of aromatic nitrogens is 2. The number of nitrogens with zero attached hydrogens (tertiary/aromatic N) is 2. The maximum absolute atomic E-state index is 12.6. The lowest BCUT2D eigenvalue weighted by molar-refractivity contribution is 0.102. The van der Waals surface area contributed by atoms with Gasteiger partial charge in [-0.1, -0.05) is 18.2 Å². The molecule has 0 aliphatic rings. The molecule has 0 fully saturated rings. The number of anilines is 1. The Bertz CT molecular complexity index is 1300. The minimum absolute atomic E-state index is 0.151. The Labute approximate surface area is 176 Å². The summed E-state index contributed by atoms with van der Waals surface area (Å²) in [5.74, 6) is -0.336. The Morgan fingerprint density at radius 2 is 1.83 bits per heavy atom. The van der Waals surface area contributed by atoms with Gasteiger partial charge in [-0.05, 0) is 58.4 Å². The average Bonchev–Trinajstić information content (AvgIpc) is 3.12. The summed E-state index contributed by atoms with van der Waals surface area (Å²) in [5, 5.41) is 2.82. The first kappa shape index (κ1) is 19.4. The summed E-state index contributed by atoms with van der Waals surface area (Å²) in [4.78, 5) is 17.3. The zero-order valence-corrected chi connectivity index (χ0v) is 17.7. The van der Waals surface area contributed by atoms with Gasteiger partial charge in [0.25, 0.3) is 5.91 Å². The first-order chi connectivity index (χ1) is 13.8. The van der Waals surface area contributed by atoms with Crippen molar-refractivity contribution < 1.29 is 13.2 Å². The molecule has 0 atom stereocenters. The minimum atomic E-state index is -3.34. The number of imidazole rings is 1. The summed E-state index contributed by atoms with van der Waals surface area (Å²) in [7, 11) is -3.34. The van der Waals surface area contributed by atoms with Gasteiger partial charge in [0.1, 0.15) is 5.65 Å². The number of hydrogen-bond acceptors (Lipinski definition) is 4. The van der Waals surface area contributed by atoms with Crippen molar-refractivity contribution in [3.63, 3.8) is 0 Å². The van der Waals surface area contributed by atoms with Crippen LogP contribution in [0.2, 0.25) is 0 Å². The summed E-state index contributed by atoms with van der Waals surface area (Å²) in [6.45, 7) is 0. The maximum atomic E-state index is 12.6. The normalized spacial score (nSPS) is 11.5. The first-order valence-electron chi connectivity index (χ1n) is 8.66. The molecule has 8 heteroatoms. The van der Waals surface area contributed by atoms with Crippen molar-refractivity contribution >= 4 is 43.0 Å². The summed E-state index contributed by atoms with van der Waals surface area (Å²) >= 11 is 3.28. The van der Waals surface area contributed by atoms with E-state index in [1.807, 2.05) is 47.1 Å². The van der Waals surface area contributed by atoms with E-state index in [0.29, 0.717) is 15.7 Å². The van der Waals surface area contributed by atoms with Crippen LogP contribution in [0.5, 0.6) is 0 Å². The molecule has 0 unspecified atom stereocenters. The summed E-state index contributed by atoms with van der Waals surface area (Å²) < 4.78 is 25.6. The molecule has 29 heavy (non-hydrogen) atoms. The molecule has 0 radical (unpaired) electrons. The second kappa shape index (κ2) is 7.46. The highest BCUT2D eigenvalue weighted by Gasteiger charge is 2.15. The van der Waals surface area contributed by atoms with Crippen LogP contribution >= 0.6 is 15.9 Å². The van der Waals surface area contributed by atoms with Crippen LogP contribution in [0.25, 0.3) is 16.9 Å². The van der Waals surface area contributed by atoms with Crippen LogP contribution in [-0.2, 0) is 9.84 Å². The number of carbonyl (C=O) groups is 1. The van der Waals surface area contributed by atoms with Gasteiger partial charge in [0.15, 0.2) is 9.84 Å². The van der Waals surface area contributed by atoms with E-state index in [1.165, 1.54) is 18.2 Å². The molecule has 1 N–H and O–H groups in total. The third-order valence-electron chi connectivity index (χ3n) is 4.42. The Kier molecular flexibility index (Phi) is 4.97. The molecule has 2 heterocycles. The molecular weight excluding hydrogens is 454 g/mol. The number of rotatable bonds is 4. The van der Waals surface area contributed by atoms with Crippen LogP contribution < -0.4 is 5.32 Å². The second-order valence-corrected chi connectivity index (χ2v) is 9.41. The van der Waals surface area contributed by atoms with Crippen molar-refractivity contribution in [2.45, 2.75) is 4.90 Å². The zero-order valence-electron chi connectivity index (χ0n) is 15.3. The molecule has 146 valence electrons. The van der Waals surface area contributed by atoms with E-state index in [9.17, 15) is 13.2 Å². The summed E-state index contributed by atoms with van der Waals surface area (Å²) in [5.41, 5.74) is 3.62. The monoisotopic (exact) mass is 469 g/mol. The molecule has 2 aromatic carbocycles. The highest BCUT2D eigenvalue weighted by molar-refractivity contribution is 9.10. The zero-order chi connectivity index (χ0) is 20.6. The smallest absolute Gasteiger partial charge is 0.256 e. The Balaban J connectivity index is 1.53. The fraction of sp³-hybridized carbons (Fsp3) is 0.0476. The fourth-order valence-corrected chi connectivity index (χ4v) is 4.26. The number of fused-ring (bicyclic) bond motifs is 1. The first-order valence-corrected chi connectivity index (χ1v) is 11.3. The molecule has 2 aromatic heterocycles. The number of benzene rings is 2. The van der Waals surface area contributed by atoms with Crippen LogP contribution in [0.4, 0.5) is 5.69 Å². The second-order valence-electron chi connectivity index (χ2n) is 6.54. The van der Waals surface area contributed by atoms with E-state index >= 15 is 0 Å². The highest BCUT2D eigenvalue weighted by Crippen LogP contribution is 2.24. The van der Waals surface area contributed by atoms with Crippen molar-refractivity contribution in [1.29, 1.82) is 0 Å². The van der Waals surface area contributed by atoms with Crippen LogP contribution in [-0.4, -0.2) is 30.0 Å². The topological polar surface area (TPSA) is 80.5 Å². The minimum Gasteiger partial charge on any atom is -0.322 e. The van der Waals surface area contributed by atoms with Crippen molar-refractivity contribution in [2.75, 3.05) is 11.6 Å². The molecule has 0 bridgehead atoms. The fourth-order valence-electron chi connectivity index (χ4n) is 2.91. The number of amides is 1. The van der Waals surface area contributed by atoms with Crippen LogP contribution in [0, 0.1) is 0 Å². The molecule has 0 saturated heterocycles. The molecule has 0 spiro atoms. The maximum Gasteiger partial charge on any atom is 0.256 e. The predicted octanol–water partition coefficient (Wildman–Crippen LogP) is 4.42. The van der Waals surface area contributed by atoms with Crippen LogP contribution in [0.15, 0.2) is 82.4 Å². The van der Waals surface area contributed by atoms with Gasteiger partial charge in [0.2, 0.25) is 0 Å². The third kappa shape index (κ3) is 4.08. The lowest BCUT2D eigenvalue weighted by Gasteiger charge is -2.09. The van der Waals surface area contributed by atoms with E-state index in [1.54, 1.807) is 12.1 Å². The van der Waals surface area contributed by atoms with Gasteiger partial charge in [-0.3, -0.25) is 4.79 Å². The number of halogens is 1. The van der Waals surface area contributed by atoms with E-state index in [2.05, 4.69) is 26.2 Å². The molecule has 0 saturated carbocycles. The number of hydrogen-bond donors (Lipinski definition) is 1. The van der Waals surface area contributed by atoms with E-state index in [0.717, 1.165) is 23.2 Å². The average molecular weight is 470 g/mol. The van der Waals surface area contributed by atoms with Gasteiger partial charge in [-0.25, -0.2) is 13.4 Å². The number of pyridine rings is 1. The number of sulfone groups is 1. The quantitative estimate of drug-likeness (QED) is 0.479. The van der Waals surface area contributed by atoms with Gasteiger partial charge in [-0.2, -0.15) is 0 Å². The third-order valence-corrected chi connectivity index (χ3v) is 6.18. The van der Waals surface area contributed by atoms with Crippen LogP contribution in [0.3, 0.4) is 0 Å². The largest absolute Gasteiger partial charge is 0.322 e. The molecule has 1 amide bonds. The predicted molar refractivity (Wildman–Crippen MR) is 116 cm³/mol. The van der Waals surface area contributed by atoms with E-state index < -0.39 is 9.84 Å². The SMILES string of the molecule is CS(=O)(=O)c1ccc(C(=O)Nc2ccc(-c3cn4ccccc4n3)cc2)c(Br)c1. The molecule has 4 rings (SSSR count). The van der Waals surface area contributed by atoms with E-state index in [4.69, 9.17) is 0 Å². The van der Waals surface area contributed by atoms with Crippen molar-refractivity contribution in [3.8, 4) is 11.3 Å². The lowest BCUT2D eigenvalue weighted by atomic mass is 10.1. The number of carbonyl (C=O) groups excluding carboxylic acids is 1. The molecular formula is C21H16BrN3O3S. The number of nitrogens with one attached hydrogen (secondary N) is 1. The van der Waals surface area contributed by atoms with Gasteiger partial charge in [-0.15, -0.1) is 0 Å². The van der Waals surface area contributed by atoms with E-state index in [-0.39, 0.29) is 10.8 Å². The molecule has 6 nitrogen and oxygen atoms in total. The molecule has 0 aliphatic heterocycles. The Hall–Kier alpha value is -2.97. The van der Waals surface area contributed by atoms with Crippen LogP contribution in [0.1, 0.15) is 10.4 Å². The van der Waals surface area contributed by atoms with Gasteiger partial charge in [0.05, 0.1) is 16.2 Å². The summed E-state index contributed by atoms with van der Waals surface area (Å²) in [6, 6.07) is 17.5. The van der Waals surface area contributed by atoms with Crippen molar-refractivity contribution in [3.05, 3.63) is 83.1 Å². The van der Waals surface area contributed by atoms with Crippen molar-refractivity contribution in [2.24, 2.45) is 0 Å². The molecule has 0 aliphatic carbocycles. The standard InChI is InChI=1S/C21H16BrN3O3S/c1-29(27,28)16-9-10-17(18(22)12-16)21(26)23-15-7-5-14(6-8-15)19-13-25-11-3-2-4-20(25)24-19/h2-13H,1H3,(H,23,26). The van der Waals surface area contributed by atoms with Gasteiger partial charge >= 0.3 is 0 Å². The van der Waals surface area contributed by atoms with Gasteiger partial charge in [0, 0.05) is 34.4 Å².